The van der Waals surface area contributed by atoms with Gasteiger partial charge in [0.1, 0.15) is 6.04 Å². The molecule has 1 heterocycles. The molecule has 0 unspecified atom stereocenters. The zero-order chi connectivity index (χ0) is 17.8. The molecule has 2 aromatic carbocycles. The number of nitrogens with zero attached hydrogens (tertiary/aromatic N) is 3. The molecule has 3 rings (SSSR count). The predicted molar refractivity (Wildman–Crippen MR) is 97.3 cm³/mol. The van der Waals surface area contributed by atoms with Crippen LogP contribution in [-0.4, -0.2) is 23.2 Å². The van der Waals surface area contributed by atoms with Crippen LogP contribution >= 0.6 is 0 Å². The quantitative estimate of drug-likeness (QED) is 0.765. The van der Waals surface area contributed by atoms with Gasteiger partial charge in [-0.05, 0) is 43.3 Å². The van der Waals surface area contributed by atoms with E-state index >= 15 is 0 Å². The highest BCUT2D eigenvalue weighted by atomic mass is 16.4. The van der Waals surface area contributed by atoms with Gasteiger partial charge in [-0.2, -0.15) is 0 Å². The second-order valence-corrected chi connectivity index (χ2v) is 5.80. The SMILES string of the molecule is CC(=O)N(C)c1ccc(N[C@@H](C)c2nnc(-c3ccccc3)o2)cc1. The number of amides is 1. The molecule has 0 fully saturated rings. The average Bonchev–Trinajstić information content (AvgIpc) is 3.13. The van der Waals surface area contributed by atoms with Crippen molar-refractivity contribution in [2.24, 2.45) is 0 Å². The molecule has 0 saturated carbocycles. The van der Waals surface area contributed by atoms with Crippen molar-refractivity contribution in [3.63, 3.8) is 0 Å². The van der Waals surface area contributed by atoms with Gasteiger partial charge in [0.2, 0.25) is 17.7 Å². The standard InChI is InChI=1S/C19H20N4O2/c1-13(18-21-22-19(25-18)15-7-5-4-6-8-15)20-16-9-11-17(12-10-16)23(3)14(2)24/h4-13,20H,1-3H3/t13-/m0/s1. The monoisotopic (exact) mass is 336 g/mol. The van der Waals surface area contributed by atoms with Crippen molar-refractivity contribution in [3.05, 3.63) is 60.5 Å². The minimum atomic E-state index is -0.138. The Balaban J connectivity index is 1.69. The molecule has 0 aliphatic rings. The van der Waals surface area contributed by atoms with E-state index in [1.54, 1.807) is 11.9 Å². The summed E-state index contributed by atoms with van der Waals surface area (Å²) >= 11 is 0. The van der Waals surface area contributed by atoms with E-state index in [2.05, 4.69) is 15.5 Å². The Hall–Kier alpha value is -3.15. The molecule has 0 aliphatic heterocycles. The highest BCUT2D eigenvalue weighted by Gasteiger charge is 2.15. The number of hydrogen-bond acceptors (Lipinski definition) is 5. The normalized spacial score (nSPS) is 11.8. The number of aromatic nitrogens is 2. The van der Waals surface area contributed by atoms with E-state index in [0.29, 0.717) is 11.8 Å². The van der Waals surface area contributed by atoms with Crippen LogP contribution in [0.3, 0.4) is 0 Å². The molecule has 128 valence electrons. The third kappa shape index (κ3) is 3.85. The summed E-state index contributed by atoms with van der Waals surface area (Å²) in [7, 11) is 1.75. The Labute approximate surface area is 146 Å². The van der Waals surface area contributed by atoms with Crippen LogP contribution in [0.2, 0.25) is 0 Å². The maximum atomic E-state index is 11.4. The number of carbonyl (C=O) groups is 1. The van der Waals surface area contributed by atoms with Gasteiger partial charge in [-0.15, -0.1) is 10.2 Å². The molecule has 6 nitrogen and oxygen atoms in total. The van der Waals surface area contributed by atoms with Crippen LogP contribution in [0.15, 0.2) is 59.0 Å². The molecule has 0 radical (unpaired) electrons. The van der Waals surface area contributed by atoms with E-state index in [9.17, 15) is 4.79 Å². The van der Waals surface area contributed by atoms with Crippen molar-refractivity contribution in [1.82, 2.24) is 10.2 Å². The first-order valence-electron chi connectivity index (χ1n) is 8.04. The van der Waals surface area contributed by atoms with Gasteiger partial charge < -0.3 is 14.6 Å². The molecule has 0 spiro atoms. The van der Waals surface area contributed by atoms with Crippen molar-refractivity contribution in [1.29, 1.82) is 0 Å². The second-order valence-electron chi connectivity index (χ2n) is 5.80. The Morgan fingerprint density at radius 2 is 1.76 bits per heavy atom. The molecule has 0 saturated heterocycles. The van der Waals surface area contributed by atoms with Crippen LogP contribution < -0.4 is 10.2 Å². The third-order valence-electron chi connectivity index (χ3n) is 3.94. The Morgan fingerprint density at radius 3 is 2.40 bits per heavy atom. The van der Waals surface area contributed by atoms with E-state index in [1.807, 2.05) is 61.5 Å². The molecule has 0 bridgehead atoms. The van der Waals surface area contributed by atoms with E-state index in [-0.39, 0.29) is 11.9 Å². The highest BCUT2D eigenvalue weighted by molar-refractivity contribution is 5.91. The number of nitrogens with one attached hydrogen (secondary N) is 1. The molecule has 6 heteroatoms. The summed E-state index contributed by atoms with van der Waals surface area (Å²) in [6.07, 6.45) is 0. The van der Waals surface area contributed by atoms with Gasteiger partial charge in [0.05, 0.1) is 0 Å². The number of anilines is 2. The summed E-state index contributed by atoms with van der Waals surface area (Å²) in [5, 5.41) is 11.5. The minimum absolute atomic E-state index is 0.00613. The van der Waals surface area contributed by atoms with Crippen LogP contribution in [0.25, 0.3) is 11.5 Å². The molecule has 1 aromatic heterocycles. The maximum Gasteiger partial charge on any atom is 0.247 e. The molecule has 1 atom stereocenters. The van der Waals surface area contributed by atoms with E-state index < -0.39 is 0 Å². The first-order valence-corrected chi connectivity index (χ1v) is 8.04. The zero-order valence-corrected chi connectivity index (χ0v) is 14.4. The molecule has 3 aromatic rings. The van der Waals surface area contributed by atoms with Gasteiger partial charge >= 0.3 is 0 Å². The summed E-state index contributed by atoms with van der Waals surface area (Å²) in [5.74, 6) is 1.01. The summed E-state index contributed by atoms with van der Waals surface area (Å²) in [6.45, 7) is 3.49. The first kappa shape index (κ1) is 16.7. The predicted octanol–water partition coefficient (Wildman–Crippen LogP) is 3.89. The van der Waals surface area contributed by atoms with Gasteiger partial charge in [-0.1, -0.05) is 18.2 Å². The third-order valence-corrected chi connectivity index (χ3v) is 3.94. The lowest BCUT2D eigenvalue weighted by Crippen LogP contribution is -2.22. The van der Waals surface area contributed by atoms with E-state index in [1.165, 1.54) is 6.92 Å². The van der Waals surface area contributed by atoms with Gasteiger partial charge in [0.15, 0.2) is 0 Å². The lowest BCUT2D eigenvalue weighted by Gasteiger charge is -2.16. The van der Waals surface area contributed by atoms with Crippen LogP contribution in [0.1, 0.15) is 25.8 Å². The van der Waals surface area contributed by atoms with Gasteiger partial charge in [0, 0.05) is 30.9 Å². The van der Waals surface area contributed by atoms with Gasteiger partial charge in [-0.3, -0.25) is 4.79 Å². The van der Waals surface area contributed by atoms with Crippen molar-refractivity contribution >= 4 is 17.3 Å². The highest BCUT2D eigenvalue weighted by Crippen LogP contribution is 2.24. The molecular weight excluding hydrogens is 316 g/mol. The average molecular weight is 336 g/mol. The second kappa shape index (κ2) is 7.17. The summed E-state index contributed by atoms with van der Waals surface area (Å²) in [6, 6.07) is 17.1. The number of hydrogen-bond donors (Lipinski definition) is 1. The smallest absolute Gasteiger partial charge is 0.247 e. The van der Waals surface area contributed by atoms with Crippen LogP contribution in [0.4, 0.5) is 11.4 Å². The van der Waals surface area contributed by atoms with Crippen molar-refractivity contribution < 1.29 is 9.21 Å². The van der Waals surface area contributed by atoms with E-state index in [4.69, 9.17) is 4.42 Å². The van der Waals surface area contributed by atoms with Gasteiger partial charge in [-0.25, -0.2) is 0 Å². The number of benzene rings is 2. The van der Waals surface area contributed by atoms with Gasteiger partial charge in [0.25, 0.3) is 0 Å². The lowest BCUT2D eigenvalue weighted by atomic mass is 10.2. The molecule has 1 N–H and O–H groups in total. The van der Waals surface area contributed by atoms with Crippen molar-refractivity contribution in [2.75, 3.05) is 17.3 Å². The van der Waals surface area contributed by atoms with E-state index in [0.717, 1.165) is 16.9 Å². The minimum Gasteiger partial charge on any atom is -0.418 e. The zero-order valence-electron chi connectivity index (χ0n) is 14.4. The Bertz CT molecular complexity index is 843. The van der Waals surface area contributed by atoms with Crippen LogP contribution in [0.5, 0.6) is 0 Å². The number of rotatable bonds is 5. The fraction of sp³-hybridized carbons (Fsp3) is 0.211. The van der Waals surface area contributed by atoms with Crippen molar-refractivity contribution in [2.45, 2.75) is 19.9 Å². The maximum absolute atomic E-state index is 11.4. The Morgan fingerprint density at radius 1 is 1.08 bits per heavy atom. The fourth-order valence-corrected chi connectivity index (χ4v) is 2.38. The van der Waals surface area contributed by atoms with Crippen LogP contribution in [0, 0.1) is 0 Å². The number of carbonyl (C=O) groups excluding carboxylic acids is 1. The largest absolute Gasteiger partial charge is 0.418 e. The van der Waals surface area contributed by atoms with Crippen molar-refractivity contribution in [3.8, 4) is 11.5 Å². The summed E-state index contributed by atoms with van der Waals surface area (Å²) in [5.41, 5.74) is 2.65. The first-order chi connectivity index (χ1) is 12.0. The Kier molecular flexibility index (Phi) is 4.79. The topological polar surface area (TPSA) is 71.3 Å². The molecule has 25 heavy (non-hydrogen) atoms. The molecule has 1 amide bonds. The summed E-state index contributed by atoms with van der Waals surface area (Å²) < 4.78 is 5.76. The van der Waals surface area contributed by atoms with Crippen LogP contribution in [-0.2, 0) is 4.79 Å². The fourth-order valence-electron chi connectivity index (χ4n) is 2.38. The lowest BCUT2D eigenvalue weighted by molar-refractivity contribution is -0.116. The summed E-state index contributed by atoms with van der Waals surface area (Å²) in [4.78, 5) is 13.0. The molecule has 0 aliphatic carbocycles. The molecular formula is C19H20N4O2.